The molecule has 11 heteroatoms. The number of hydrogen-bond acceptors (Lipinski definition) is 5. The standard InChI is InChI=1S/C28H27F4N3O3S/c1-27(2,3)20(12-21(35-26(37)38)24(36)15-6-8-19(9-7-15)28(30,31)32)25-34-14-22(39-25)16-4-5-17-13-33-23(29)11-18(17)10-16/h4-11,13-14,20-21,24,35-36H,12H2,1-3H3,(H,37,38)/t20?,21-,24-/m1/s1. The summed E-state index contributed by atoms with van der Waals surface area (Å²) < 4.78 is 52.6. The molecule has 0 bridgehead atoms. The molecule has 0 aliphatic rings. The number of nitrogens with zero attached hydrogens (tertiary/aromatic N) is 2. The number of rotatable bonds is 7. The lowest BCUT2D eigenvalue weighted by Gasteiger charge is -2.34. The molecule has 0 aliphatic heterocycles. The number of thiazole rings is 1. The molecule has 2 aromatic carbocycles. The van der Waals surface area contributed by atoms with Crippen LogP contribution in [-0.4, -0.2) is 32.3 Å². The van der Waals surface area contributed by atoms with E-state index in [0.29, 0.717) is 10.4 Å². The summed E-state index contributed by atoms with van der Waals surface area (Å²) >= 11 is 1.40. The molecule has 39 heavy (non-hydrogen) atoms. The molecule has 1 unspecified atom stereocenters. The Morgan fingerprint density at radius 1 is 1.00 bits per heavy atom. The SMILES string of the molecule is CC(C)(C)C(C[C@@H](NC(=O)O)[C@H](O)c1ccc(C(F)(F)F)cc1)c1ncc(-c2ccc3cnc(F)cc3c2)s1. The smallest absolute Gasteiger partial charge is 0.416 e. The van der Waals surface area contributed by atoms with Gasteiger partial charge in [-0.15, -0.1) is 11.3 Å². The average Bonchev–Trinajstić information content (AvgIpc) is 3.34. The third kappa shape index (κ3) is 6.72. The average molecular weight is 562 g/mol. The van der Waals surface area contributed by atoms with Crippen LogP contribution in [0.2, 0.25) is 0 Å². The number of carboxylic acid groups (broad SMARTS) is 1. The molecule has 0 saturated carbocycles. The van der Waals surface area contributed by atoms with E-state index in [2.05, 4.69) is 15.3 Å². The van der Waals surface area contributed by atoms with Crippen molar-refractivity contribution >= 4 is 28.2 Å². The first-order chi connectivity index (χ1) is 18.2. The number of aliphatic hydroxyl groups excluding tert-OH is 1. The number of hydrogen-bond donors (Lipinski definition) is 3. The number of benzene rings is 2. The Balaban J connectivity index is 1.64. The van der Waals surface area contributed by atoms with Crippen LogP contribution >= 0.6 is 11.3 Å². The van der Waals surface area contributed by atoms with Gasteiger partial charge in [0, 0.05) is 29.8 Å². The highest BCUT2D eigenvalue weighted by molar-refractivity contribution is 7.15. The Bertz CT molecular complexity index is 1470. The van der Waals surface area contributed by atoms with Gasteiger partial charge in [0.1, 0.15) is 0 Å². The van der Waals surface area contributed by atoms with Gasteiger partial charge in [0.05, 0.1) is 27.6 Å². The van der Waals surface area contributed by atoms with E-state index in [9.17, 15) is 32.6 Å². The van der Waals surface area contributed by atoms with Gasteiger partial charge in [0.25, 0.3) is 0 Å². The number of aliphatic hydroxyl groups is 1. The molecule has 2 heterocycles. The van der Waals surface area contributed by atoms with Crippen molar-refractivity contribution in [2.45, 2.75) is 51.4 Å². The largest absolute Gasteiger partial charge is 0.465 e. The van der Waals surface area contributed by atoms with Crippen molar-refractivity contribution in [1.29, 1.82) is 0 Å². The Labute approximate surface area is 226 Å². The van der Waals surface area contributed by atoms with Crippen molar-refractivity contribution < 1.29 is 32.6 Å². The van der Waals surface area contributed by atoms with Gasteiger partial charge in [-0.1, -0.05) is 45.0 Å². The summed E-state index contributed by atoms with van der Waals surface area (Å²) in [6, 6.07) is 9.90. The third-order valence-corrected chi connectivity index (χ3v) is 7.76. The number of aromatic nitrogens is 2. The number of pyridine rings is 1. The predicted octanol–water partition coefficient (Wildman–Crippen LogP) is 7.41. The van der Waals surface area contributed by atoms with Crippen LogP contribution in [0.4, 0.5) is 22.4 Å². The molecule has 2 aromatic heterocycles. The van der Waals surface area contributed by atoms with Crippen LogP contribution in [0.1, 0.15) is 55.3 Å². The second kappa shape index (κ2) is 10.9. The van der Waals surface area contributed by atoms with Crippen molar-refractivity contribution in [2.24, 2.45) is 5.41 Å². The molecule has 4 aromatic rings. The molecule has 3 atom stereocenters. The monoisotopic (exact) mass is 561 g/mol. The number of amides is 1. The number of alkyl halides is 3. The maximum absolute atomic E-state index is 13.6. The fourth-order valence-electron chi connectivity index (χ4n) is 4.46. The molecule has 4 rings (SSSR count). The highest BCUT2D eigenvalue weighted by atomic mass is 32.1. The van der Waals surface area contributed by atoms with Crippen molar-refractivity contribution in [3.8, 4) is 10.4 Å². The Kier molecular flexibility index (Phi) is 7.94. The highest BCUT2D eigenvalue weighted by Crippen LogP contribution is 2.43. The molecule has 6 nitrogen and oxygen atoms in total. The van der Waals surface area contributed by atoms with Crippen LogP contribution in [0.25, 0.3) is 21.2 Å². The molecule has 0 radical (unpaired) electrons. The first-order valence-electron chi connectivity index (χ1n) is 12.1. The first kappa shape index (κ1) is 28.4. The summed E-state index contributed by atoms with van der Waals surface area (Å²) in [7, 11) is 0. The minimum absolute atomic E-state index is 0.138. The molecule has 0 spiro atoms. The maximum atomic E-state index is 13.6. The van der Waals surface area contributed by atoms with Crippen LogP contribution in [0.5, 0.6) is 0 Å². The van der Waals surface area contributed by atoms with Gasteiger partial charge in [0.15, 0.2) is 0 Å². The predicted molar refractivity (Wildman–Crippen MR) is 141 cm³/mol. The van der Waals surface area contributed by atoms with Crippen LogP contribution in [0, 0.1) is 11.4 Å². The van der Waals surface area contributed by atoms with Crippen LogP contribution in [0.3, 0.4) is 0 Å². The van der Waals surface area contributed by atoms with E-state index in [1.165, 1.54) is 23.6 Å². The lowest BCUT2D eigenvalue weighted by molar-refractivity contribution is -0.137. The molecule has 206 valence electrons. The number of carbonyl (C=O) groups is 1. The Morgan fingerprint density at radius 3 is 2.31 bits per heavy atom. The van der Waals surface area contributed by atoms with Crippen molar-refractivity contribution in [3.63, 3.8) is 0 Å². The fraction of sp³-hybridized carbons (Fsp3) is 0.321. The van der Waals surface area contributed by atoms with Gasteiger partial charge in [0.2, 0.25) is 5.95 Å². The number of nitrogens with one attached hydrogen (secondary N) is 1. The Morgan fingerprint density at radius 2 is 1.69 bits per heavy atom. The molecule has 0 aliphatic carbocycles. The fourth-order valence-corrected chi connectivity index (χ4v) is 5.73. The maximum Gasteiger partial charge on any atom is 0.416 e. The summed E-state index contributed by atoms with van der Waals surface area (Å²) in [6.07, 6.45) is -3.99. The van der Waals surface area contributed by atoms with Gasteiger partial charge in [-0.05, 0) is 46.5 Å². The van der Waals surface area contributed by atoms with E-state index in [1.54, 1.807) is 6.20 Å². The van der Waals surface area contributed by atoms with E-state index >= 15 is 0 Å². The van der Waals surface area contributed by atoms with Crippen LogP contribution in [0.15, 0.2) is 60.9 Å². The summed E-state index contributed by atoms with van der Waals surface area (Å²) in [5, 5.41) is 25.0. The van der Waals surface area contributed by atoms with E-state index < -0.39 is 41.3 Å². The van der Waals surface area contributed by atoms with Crippen molar-refractivity contribution in [3.05, 3.63) is 83.0 Å². The quantitative estimate of drug-likeness (QED) is 0.161. The van der Waals surface area contributed by atoms with Crippen molar-refractivity contribution in [1.82, 2.24) is 15.3 Å². The Hall–Kier alpha value is -3.57. The van der Waals surface area contributed by atoms with Gasteiger partial charge >= 0.3 is 12.3 Å². The van der Waals surface area contributed by atoms with Gasteiger partial charge in [-0.25, -0.2) is 14.8 Å². The summed E-state index contributed by atoms with van der Waals surface area (Å²) in [5.41, 5.74) is -0.288. The molecular weight excluding hydrogens is 534 g/mol. The van der Waals surface area contributed by atoms with Gasteiger partial charge in [-0.3, -0.25) is 0 Å². The molecule has 3 N–H and O–H groups in total. The molecule has 1 amide bonds. The number of halogens is 4. The summed E-state index contributed by atoms with van der Waals surface area (Å²) in [5.74, 6) is -0.902. The minimum atomic E-state index is -4.53. The number of fused-ring (bicyclic) bond motifs is 1. The molecule has 0 saturated heterocycles. The normalized spacial score (nSPS) is 14.7. The van der Waals surface area contributed by atoms with E-state index in [0.717, 1.165) is 40.1 Å². The topological polar surface area (TPSA) is 95.3 Å². The van der Waals surface area contributed by atoms with Crippen LogP contribution < -0.4 is 5.32 Å². The van der Waals surface area contributed by atoms with Crippen LogP contribution in [-0.2, 0) is 6.18 Å². The lowest BCUT2D eigenvalue weighted by atomic mass is 9.76. The molecular formula is C28H27F4N3O3S. The second-order valence-electron chi connectivity index (χ2n) is 10.4. The first-order valence-corrected chi connectivity index (χ1v) is 12.9. The van der Waals surface area contributed by atoms with Crippen molar-refractivity contribution in [2.75, 3.05) is 0 Å². The lowest BCUT2D eigenvalue weighted by Crippen LogP contribution is -2.41. The zero-order chi connectivity index (χ0) is 28.5. The third-order valence-electron chi connectivity index (χ3n) is 6.60. The summed E-state index contributed by atoms with van der Waals surface area (Å²) in [6.45, 7) is 5.90. The second-order valence-corrected chi connectivity index (χ2v) is 11.5. The zero-order valence-corrected chi connectivity index (χ0v) is 22.1. The summed E-state index contributed by atoms with van der Waals surface area (Å²) in [4.78, 5) is 20.7. The zero-order valence-electron chi connectivity index (χ0n) is 21.3. The van der Waals surface area contributed by atoms with E-state index in [1.807, 2.05) is 39.0 Å². The highest BCUT2D eigenvalue weighted by Gasteiger charge is 2.36. The van der Waals surface area contributed by atoms with E-state index in [4.69, 9.17) is 0 Å². The van der Waals surface area contributed by atoms with Gasteiger partial charge in [-0.2, -0.15) is 17.6 Å². The van der Waals surface area contributed by atoms with Gasteiger partial charge < -0.3 is 15.5 Å². The minimum Gasteiger partial charge on any atom is -0.465 e. The van der Waals surface area contributed by atoms with E-state index in [-0.39, 0.29) is 17.9 Å². The molecule has 0 fully saturated rings.